The van der Waals surface area contributed by atoms with E-state index in [0.717, 1.165) is 0 Å². The second-order valence-electron chi connectivity index (χ2n) is 0. The van der Waals surface area contributed by atoms with Crippen molar-refractivity contribution in [1.29, 1.82) is 0 Å². The van der Waals surface area contributed by atoms with E-state index in [1.54, 1.807) is 0 Å². The molecular weight excluding hydrogens is 212 g/mol. The Hall–Kier alpha value is 2.82. The van der Waals surface area contributed by atoms with Crippen molar-refractivity contribution >= 4 is 90.3 Å². The van der Waals surface area contributed by atoms with Gasteiger partial charge in [0.05, 0.1) is 11.9 Å². The molecule has 0 aromatic rings. The van der Waals surface area contributed by atoms with Gasteiger partial charge < -0.3 is 0 Å². The average Bonchev–Trinajstić information content (AvgIpc) is 1.00. The molecule has 0 radical (unpaired) electrons. The predicted molar refractivity (Wildman–Crippen MR) is 23.8 cm³/mol. The van der Waals surface area contributed by atoms with E-state index in [0.29, 0.717) is 0 Å². The van der Waals surface area contributed by atoms with Gasteiger partial charge in [-0.25, -0.2) is 0 Å². The molecule has 0 aliphatic heterocycles. The molecule has 0 saturated carbocycles. The maximum absolute atomic E-state index is 6.47. The van der Waals surface area contributed by atoms with Crippen LogP contribution < -0.4 is 0 Å². The summed E-state index contributed by atoms with van der Waals surface area (Å²) in [5.74, 6) is 0. The van der Waals surface area contributed by atoms with Crippen molar-refractivity contribution in [3.05, 3.63) is 0 Å². The topological polar surface area (TPSA) is 20.2 Å². The van der Waals surface area contributed by atoms with Crippen LogP contribution in [0.2, 0.25) is 0 Å². The third-order valence-corrected chi connectivity index (χ3v) is 0. The molecule has 1 N–H and O–H groups in total. The molecule has 0 spiro atoms. The van der Waals surface area contributed by atoms with E-state index in [1.165, 1.54) is 0 Å². The minimum absolute atomic E-state index is 0. The summed E-state index contributed by atoms with van der Waals surface area (Å²) < 4.78 is 6.47. The summed E-state index contributed by atoms with van der Waals surface area (Å²) in [5.41, 5.74) is 0. The molecule has 0 bridgehead atoms. The van der Waals surface area contributed by atoms with Gasteiger partial charge in [0.25, 0.3) is 0 Å². The Kier molecular flexibility index (Phi) is 67.3. The first-order valence-corrected chi connectivity index (χ1v) is 0.507. The molecule has 0 unspecified atom stereocenters. The monoisotopic (exact) mass is 216 g/mol. The van der Waals surface area contributed by atoms with Crippen LogP contribution in [0.4, 0.5) is 0 Å². The Balaban J connectivity index is -0.00000000500. The van der Waals surface area contributed by atoms with Gasteiger partial charge in [-0.2, -0.15) is 0 Å². The van der Waals surface area contributed by atoms with Crippen molar-refractivity contribution < 1.29 is 4.66 Å². The van der Waals surface area contributed by atoms with Gasteiger partial charge in [-0.15, -0.1) is 0 Å². The predicted octanol–water partition coefficient (Wildman–Crippen LogP) is -1.43. The van der Waals surface area contributed by atoms with Crippen LogP contribution in [0.25, 0.3) is 0 Å². The van der Waals surface area contributed by atoms with Crippen LogP contribution in [-0.2, 0) is 0 Å². The Morgan fingerprint density at radius 3 is 1.25 bits per heavy atom. The van der Waals surface area contributed by atoms with Crippen molar-refractivity contribution in [2.45, 2.75) is 0 Å². The molecule has 0 aliphatic rings. The molecule has 1 nitrogen and oxygen atoms in total. The molecule has 0 aromatic heterocycles. The van der Waals surface area contributed by atoms with E-state index in [4.69, 9.17) is 4.66 Å². The Labute approximate surface area is 92.6 Å². The van der Waals surface area contributed by atoms with Crippen LogP contribution in [0.15, 0.2) is 0 Å². The molecule has 0 aliphatic carbocycles. The summed E-state index contributed by atoms with van der Waals surface area (Å²) in [5, 5.41) is 0. The summed E-state index contributed by atoms with van der Waals surface area (Å²) in [6.45, 7) is 0. The standard InChI is InChI=1S/Ba.ClHO.Na.3H/c;1-2;;;;/h;2H;;;;. The van der Waals surface area contributed by atoms with Crippen molar-refractivity contribution in [3.63, 3.8) is 0 Å². The first-order chi connectivity index (χ1) is 1.00. The number of halogens is 1. The van der Waals surface area contributed by atoms with E-state index in [1.807, 2.05) is 0 Å². The van der Waals surface area contributed by atoms with E-state index >= 15 is 0 Å². The maximum atomic E-state index is 6.47. The van der Waals surface area contributed by atoms with Crippen molar-refractivity contribution in [2.75, 3.05) is 0 Å². The van der Waals surface area contributed by atoms with Crippen LogP contribution >= 0.6 is 11.9 Å². The normalized spacial score (nSPS) is 1.50. The zero-order valence-corrected chi connectivity index (χ0v) is 1.58. The van der Waals surface area contributed by atoms with Crippen LogP contribution in [0.1, 0.15) is 0 Å². The first kappa shape index (κ1) is 15.8. The van der Waals surface area contributed by atoms with Crippen molar-refractivity contribution in [3.8, 4) is 0 Å². The summed E-state index contributed by atoms with van der Waals surface area (Å²) in [4.78, 5) is 0. The summed E-state index contributed by atoms with van der Waals surface area (Å²) in [6.07, 6.45) is 0. The molecule has 0 atom stereocenters. The summed E-state index contributed by atoms with van der Waals surface area (Å²) in [6, 6.07) is 0. The molecule has 0 amide bonds. The van der Waals surface area contributed by atoms with Crippen molar-refractivity contribution in [2.24, 2.45) is 0 Å². The van der Waals surface area contributed by atoms with Crippen LogP contribution in [-0.4, -0.2) is 83.1 Å². The third-order valence-electron chi connectivity index (χ3n) is 0. The minimum atomic E-state index is 0. The zero-order valence-electron chi connectivity index (χ0n) is 0.825. The molecule has 0 heterocycles. The summed E-state index contributed by atoms with van der Waals surface area (Å²) >= 11 is 3.64. The van der Waals surface area contributed by atoms with Gasteiger partial charge in [-0.1, -0.05) is 0 Å². The van der Waals surface area contributed by atoms with E-state index < -0.39 is 0 Å². The second-order valence-corrected chi connectivity index (χ2v) is 0. The molecule has 0 fully saturated rings. The third kappa shape index (κ3) is 8.84. The molecule has 4 heavy (non-hydrogen) atoms. The SMILES string of the molecule is OCl.[BaH2].[NaH]. The van der Waals surface area contributed by atoms with Crippen molar-refractivity contribution in [1.82, 2.24) is 0 Å². The molecule has 20 valence electrons. The molecule has 4 heteroatoms. The molecule has 0 rings (SSSR count). The van der Waals surface area contributed by atoms with Gasteiger partial charge in [0, 0.05) is 0 Å². The number of hydrogen-bond donors (Lipinski definition) is 1. The van der Waals surface area contributed by atoms with E-state index in [9.17, 15) is 0 Å². The van der Waals surface area contributed by atoms with Gasteiger partial charge in [0.15, 0.2) is 0 Å². The van der Waals surface area contributed by atoms with Crippen LogP contribution in [0.5, 0.6) is 0 Å². The second kappa shape index (κ2) is 17.0. The first-order valence-electron chi connectivity index (χ1n) is 0.169. The molecule has 0 saturated heterocycles. The summed E-state index contributed by atoms with van der Waals surface area (Å²) in [7, 11) is 0. The van der Waals surface area contributed by atoms with Gasteiger partial charge in [-0.05, 0) is 0 Å². The Bertz CT molecular complexity index is 8.00. The fourth-order valence-corrected chi connectivity index (χ4v) is 0. The van der Waals surface area contributed by atoms with E-state index in [-0.39, 0.29) is 78.4 Å². The number of rotatable bonds is 0. The van der Waals surface area contributed by atoms with Gasteiger partial charge in [-0.3, -0.25) is 4.66 Å². The number of hydrogen-bond acceptors (Lipinski definition) is 1. The Morgan fingerprint density at radius 1 is 1.25 bits per heavy atom. The van der Waals surface area contributed by atoms with Gasteiger partial charge in [0.2, 0.25) is 0 Å². The fraction of sp³-hybridized carbons (Fsp3) is 0. The Morgan fingerprint density at radius 2 is 1.25 bits per heavy atom. The molecule has 0 aromatic carbocycles. The van der Waals surface area contributed by atoms with Crippen LogP contribution in [0, 0.1) is 0 Å². The average molecular weight is 216 g/mol. The zero-order chi connectivity index (χ0) is 2.00. The molecular formula is H4BaClNaO. The van der Waals surface area contributed by atoms with Gasteiger partial charge >= 0.3 is 78.4 Å². The fourth-order valence-electron chi connectivity index (χ4n) is 0. The quantitative estimate of drug-likeness (QED) is 0.492. The van der Waals surface area contributed by atoms with Gasteiger partial charge in [0.1, 0.15) is 0 Å². The van der Waals surface area contributed by atoms with Crippen LogP contribution in [0.3, 0.4) is 0 Å². The van der Waals surface area contributed by atoms with E-state index in [2.05, 4.69) is 11.9 Å².